The Labute approximate surface area is 128 Å². The Morgan fingerprint density at radius 2 is 2.10 bits per heavy atom. The Bertz CT molecular complexity index is 573. The van der Waals surface area contributed by atoms with Crippen LogP contribution < -0.4 is 20.9 Å². The first kappa shape index (κ1) is 15.6. The predicted molar refractivity (Wildman–Crippen MR) is 80.1 cm³/mol. The largest absolute Gasteiger partial charge is 0.475 e. The standard InChI is InChI=1S/C14H18ClN3O3/c1-3-14(4-2)13(20)18(8-12(19)17-16)10-7-9(15)5-6-11(10)21-14/h5-7H,3-4,8,16H2,1-2H3,(H,17,19). The smallest absolute Gasteiger partial charge is 0.271 e. The van der Waals surface area contributed by atoms with Crippen LogP contribution in [-0.2, 0) is 9.59 Å². The van der Waals surface area contributed by atoms with E-state index in [-0.39, 0.29) is 12.5 Å². The van der Waals surface area contributed by atoms with E-state index in [2.05, 4.69) is 0 Å². The summed E-state index contributed by atoms with van der Waals surface area (Å²) in [6, 6.07) is 5.00. The molecule has 114 valence electrons. The molecular formula is C14H18ClN3O3. The Balaban J connectivity index is 2.52. The number of carbonyl (C=O) groups excluding carboxylic acids is 2. The number of amides is 2. The van der Waals surface area contributed by atoms with E-state index in [0.717, 1.165) is 0 Å². The van der Waals surface area contributed by atoms with Gasteiger partial charge in [-0.25, -0.2) is 5.84 Å². The first-order valence-electron chi connectivity index (χ1n) is 6.77. The number of ether oxygens (including phenoxy) is 1. The van der Waals surface area contributed by atoms with Gasteiger partial charge in [0.1, 0.15) is 12.3 Å². The normalized spacial score (nSPS) is 16.2. The maximum absolute atomic E-state index is 12.8. The molecule has 21 heavy (non-hydrogen) atoms. The zero-order chi connectivity index (χ0) is 15.6. The number of fused-ring (bicyclic) bond motifs is 1. The molecule has 1 aliphatic heterocycles. The summed E-state index contributed by atoms with van der Waals surface area (Å²) in [6.07, 6.45) is 1.01. The number of nitrogens with one attached hydrogen (secondary N) is 1. The molecule has 0 bridgehead atoms. The predicted octanol–water partition coefficient (Wildman–Crippen LogP) is 1.61. The fourth-order valence-corrected chi connectivity index (χ4v) is 2.61. The number of rotatable bonds is 4. The van der Waals surface area contributed by atoms with Crippen LogP contribution in [0.5, 0.6) is 5.75 Å². The van der Waals surface area contributed by atoms with Gasteiger partial charge in [0.25, 0.3) is 11.8 Å². The summed E-state index contributed by atoms with van der Waals surface area (Å²) in [4.78, 5) is 25.8. The van der Waals surface area contributed by atoms with Gasteiger partial charge in [-0.15, -0.1) is 0 Å². The highest BCUT2D eigenvalue weighted by molar-refractivity contribution is 6.31. The van der Waals surface area contributed by atoms with Gasteiger partial charge in [-0.2, -0.15) is 0 Å². The Morgan fingerprint density at radius 1 is 1.43 bits per heavy atom. The Hall–Kier alpha value is -1.79. The van der Waals surface area contributed by atoms with Gasteiger partial charge in [-0.3, -0.25) is 19.9 Å². The molecule has 0 aliphatic carbocycles. The van der Waals surface area contributed by atoms with E-state index in [4.69, 9.17) is 22.2 Å². The van der Waals surface area contributed by atoms with E-state index in [0.29, 0.717) is 29.3 Å². The van der Waals surface area contributed by atoms with Crippen molar-refractivity contribution in [2.45, 2.75) is 32.3 Å². The highest BCUT2D eigenvalue weighted by Gasteiger charge is 2.46. The first-order chi connectivity index (χ1) is 9.97. The Morgan fingerprint density at radius 3 is 2.67 bits per heavy atom. The highest BCUT2D eigenvalue weighted by Crippen LogP contribution is 2.41. The second-order valence-electron chi connectivity index (χ2n) is 4.87. The van der Waals surface area contributed by atoms with E-state index in [1.807, 2.05) is 19.3 Å². The number of halogens is 1. The molecule has 2 rings (SSSR count). The van der Waals surface area contributed by atoms with Crippen LogP contribution in [0.4, 0.5) is 5.69 Å². The van der Waals surface area contributed by atoms with E-state index in [9.17, 15) is 9.59 Å². The molecule has 0 radical (unpaired) electrons. The van der Waals surface area contributed by atoms with E-state index < -0.39 is 11.5 Å². The fraction of sp³-hybridized carbons (Fsp3) is 0.429. The maximum Gasteiger partial charge on any atom is 0.271 e. The Kier molecular flexibility index (Phi) is 4.39. The molecule has 1 aromatic rings. The van der Waals surface area contributed by atoms with Gasteiger partial charge >= 0.3 is 0 Å². The number of benzene rings is 1. The average Bonchev–Trinajstić information content (AvgIpc) is 2.50. The van der Waals surface area contributed by atoms with Crippen molar-refractivity contribution in [3.8, 4) is 5.75 Å². The van der Waals surface area contributed by atoms with Crippen LogP contribution in [-0.4, -0.2) is 24.0 Å². The molecule has 0 unspecified atom stereocenters. The lowest BCUT2D eigenvalue weighted by molar-refractivity contribution is -0.137. The molecule has 0 fully saturated rings. The van der Waals surface area contributed by atoms with Gasteiger partial charge in [0, 0.05) is 5.02 Å². The number of hydrogen-bond acceptors (Lipinski definition) is 4. The molecule has 2 amide bonds. The lowest BCUT2D eigenvalue weighted by Crippen LogP contribution is -2.57. The second kappa shape index (κ2) is 5.91. The topological polar surface area (TPSA) is 84.7 Å². The molecule has 0 saturated heterocycles. The summed E-state index contributed by atoms with van der Waals surface area (Å²) < 4.78 is 5.92. The van der Waals surface area contributed by atoms with Gasteiger partial charge in [0.15, 0.2) is 5.60 Å². The highest BCUT2D eigenvalue weighted by atomic mass is 35.5. The van der Waals surface area contributed by atoms with Gasteiger partial charge in [-0.1, -0.05) is 25.4 Å². The van der Waals surface area contributed by atoms with Crippen LogP contribution in [0.25, 0.3) is 0 Å². The third-order valence-electron chi connectivity index (χ3n) is 3.76. The summed E-state index contributed by atoms with van der Waals surface area (Å²) in [5.41, 5.74) is 1.55. The minimum Gasteiger partial charge on any atom is -0.475 e. The van der Waals surface area contributed by atoms with Crippen molar-refractivity contribution < 1.29 is 14.3 Å². The molecule has 0 aromatic heterocycles. The summed E-state index contributed by atoms with van der Waals surface area (Å²) in [6.45, 7) is 3.58. The lowest BCUT2D eigenvalue weighted by atomic mass is 9.92. The number of nitrogens with two attached hydrogens (primary N) is 1. The quantitative estimate of drug-likeness (QED) is 0.502. The van der Waals surface area contributed by atoms with Gasteiger partial charge < -0.3 is 4.74 Å². The van der Waals surface area contributed by atoms with Crippen LogP contribution >= 0.6 is 11.6 Å². The molecule has 0 atom stereocenters. The lowest BCUT2D eigenvalue weighted by Gasteiger charge is -2.41. The van der Waals surface area contributed by atoms with Gasteiger partial charge in [0.05, 0.1) is 5.69 Å². The van der Waals surface area contributed by atoms with Crippen molar-refractivity contribution in [2.24, 2.45) is 5.84 Å². The average molecular weight is 312 g/mol. The second-order valence-corrected chi connectivity index (χ2v) is 5.31. The summed E-state index contributed by atoms with van der Waals surface area (Å²) in [7, 11) is 0. The number of anilines is 1. The van der Waals surface area contributed by atoms with E-state index in [1.165, 1.54) is 4.90 Å². The van der Waals surface area contributed by atoms with Crippen molar-refractivity contribution in [3.63, 3.8) is 0 Å². The van der Waals surface area contributed by atoms with Crippen LogP contribution in [0.1, 0.15) is 26.7 Å². The van der Waals surface area contributed by atoms with Crippen LogP contribution in [0.2, 0.25) is 5.02 Å². The molecule has 0 saturated carbocycles. The monoisotopic (exact) mass is 311 g/mol. The van der Waals surface area contributed by atoms with Crippen molar-refractivity contribution in [2.75, 3.05) is 11.4 Å². The van der Waals surface area contributed by atoms with Crippen molar-refractivity contribution in [1.82, 2.24) is 5.43 Å². The number of hydrazine groups is 1. The van der Waals surface area contributed by atoms with Crippen LogP contribution in [0.15, 0.2) is 18.2 Å². The minimum atomic E-state index is -0.963. The molecule has 3 N–H and O–H groups in total. The zero-order valence-electron chi connectivity index (χ0n) is 12.0. The maximum atomic E-state index is 12.8. The van der Waals surface area contributed by atoms with E-state index in [1.54, 1.807) is 18.2 Å². The molecule has 1 aliphatic rings. The SMILES string of the molecule is CCC1(CC)Oc2ccc(Cl)cc2N(CC(=O)NN)C1=O. The summed E-state index contributed by atoms with van der Waals surface area (Å²) in [5.74, 6) is 4.94. The van der Waals surface area contributed by atoms with Gasteiger partial charge in [0.2, 0.25) is 0 Å². The number of hydrogen-bond donors (Lipinski definition) is 2. The summed E-state index contributed by atoms with van der Waals surface area (Å²) >= 11 is 5.98. The third-order valence-corrected chi connectivity index (χ3v) is 3.99. The molecule has 7 heteroatoms. The molecule has 1 aromatic carbocycles. The van der Waals surface area contributed by atoms with Crippen molar-refractivity contribution in [1.29, 1.82) is 0 Å². The first-order valence-corrected chi connectivity index (χ1v) is 7.15. The third kappa shape index (κ3) is 2.69. The van der Waals surface area contributed by atoms with Gasteiger partial charge in [-0.05, 0) is 31.0 Å². The van der Waals surface area contributed by atoms with Crippen LogP contribution in [0.3, 0.4) is 0 Å². The molecule has 6 nitrogen and oxygen atoms in total. The van der Waals surface area contributed by atoms with Crippen molar-refractivity contribution in [3.05, 3.63) is 23.2 Å². The minimum absolute atomic E-state index is 0.173. The van der Waals surface area contributed by atoms with Crippen molar-refractivity contribution >= 4 is 29.1 Å². The van der Waals surface area contributed by atoms with Crippen LogP contribution in [0, 0.1) is 0 Å². The molecular weight excluding hydrogens is 294 g/mol. The molecule has 0 spiro atoms. The van der Waals surface area contributed by atoms with E-state index >= 15 is 0 Å². The zero-order valence-corrected chi connectivity index (χ0v) is 12.7. The number of nitrogens with zero attached hydrogens (tertiary/aromatic N) is 1. The fourth-order valence-electron chi connectivity index (χ4n) is 2.44. The molecule has 1 heterocycles. The summed E-state index contributed by atoms with van der Waals surface area (Å²) in [5, 5.41) is 0.462. The number of carbonyl (C=O) groups is 2.